The predicted octanol–water partition coefficient (Wildman–Crippen LogP) is 7.46. The van der Waals surface area contributed by atoms with Crippen molar-refractivity contribution in [1.82, 2.24) is 0 Å². The number of ether oxygens (including phenoxy) is 7. The number of rotatable bonds is 24. The van der Waals surface area contributed by atoms with Gasteiger partial charge in [0.15, 0.2) is 11.5 Å². The van der Waals surface area contributed by atoms with Gasteiger partial charge in [-0.15, -0.1) is 0 Å². The molecule has 2 atom stereocenters. The van der Waals surface area contributed by atoms with Gasteiger partial charge in [-0.05, 0) is 25.7 Å². The van der Waals surface area contributed by atoms with Crippen molar-refractivity contribution in [3.63, 3.8) is 0 Å². The molecular formula is C28H54O7. The summed E-state index contributed by atoms with van der Waals surface area (Å²) in [5.74, 6) is 2.46. The molecule has 7 nitrogen and oxygen atoms in total. The number of hydrogen-bond donors (Lipinski definition) is 0. The van der Waals surface area contributed by atoms with E-state index in [-0.39, 0.29) is 0 Å². The van der Waals surface area contributed by atoms with Crippen LogP contribution in [0.5, 0.6) is 0 Å². The number of hydrogen-bond acceptors (Lipinski definition) is 7. The molecule has 0 heterocycles. The Bertz CT molecular complexity index is 512. The van der Waals surface area contributed by atoms with Gasteiger partial charge in [-0.25, -0.2) is 0 Å². The third kappa shape index (κ3) is 14.0. The summed E-state index contributed by atoms with van der Waals surface area (Å²) >= 11 is 0. The molecule has 0 saturated heterocycles. The van der Waals surface area contributed by atoms with Gasteiger partial charge in [-0.1, -0.05) is 66.2 Å². The molecule has 0 amide bonds. The minimum absolute atomic E-state index is 0.523. The highest BCUT2D eigenvalue weighted by Crippen LogP contribution is 2.26. The second-order valence-corrected chi connectivity index (χ2v) is 8.55. The van der Waals surface area contributed by atoms with Crippen LogP contribution in [-0.4, -0.2) is 54.2 Å². The van der Waals surface area contributed by atoms with Crippen molar-refractivity contribution in [2.75, 3.05) is 41.7 Å². The SMILES string of the molecule is CCCCCCOC(OC(OCCCCCC)C(OC)=C(CCC)OC)C(OC)=C(CCC)OC. The minimum atomic E-state index is -0.798. The van der Waals surface area contributed by atoms with Crippen LogP contribution in [0.4, 0.5) is 0 Å². The van der Waals surface area contributed by atoms with Crippen LogP contribution >= 0.6 is 0 Å². The zero-order valence-corrected chi connectivity index (χ0v) is 23.9. The standard InChI is InChI=1S/C28H54O7/c1-9-13-15-17-21-33-27(25(31-7)23(29-5)19-11-3)35-28(34-22-18-16-14-10-2)26(32-8)24(30-6)20-12-4/h27-28H,9-22H2,1-8H3. The van der Waals surface area contributed by atoms with E-state index in [0.29, 0.717) is 49.1 Å². The maximum absolute atomic E-state index is 6.46. The third-order valence-corrected chi connectivity index (χ3v) is 5.65. The van der Waals surface area contributed by atoms with Crippen LogP contribution in [0.1, 0.15) is 105 Å². The Kier molecular flexibility index (Phi) is 22.0. The van der Waals surface area contributed by atoms with Crippen LogP contribution in [0.2, 0.25) is 0 Å². The molecule has 0 aromatic heterocycles. The van der Waals surface area contributed by atoms with Crippen molar-refractivity contribution in [3.8, 4) is 0 Å². The normalized spacial score (nSPS) is 14.6. The molecule has 0 aliphatic heterocycles. The molecular weight excluding hydrogens is 448 g/mol. The van der Waals surface area contributed by atoms with Gasteiger partial charge in [0.1, 0.15) is 11.5 Å². The molecule has 2 unspecified atom stereocenters. The molecule has 208 valence electrons. The first-order valence-corrected chi connectivity index (χ1v) is 13.6. The van der Waals surface area contributed by atoms with Crippen LogP contribution < -0.4 is 0 Å². The van der Waals surface area contributed by atoms with Gasteiger partial charge >= 0.3 is 0 Å². The van der Waals surface area contributed by atoms with Gasteiger partial charge in [0.2, 0.25) is 12.6 Å². The van der Waals surface area contributed by atoms with E-state index in [1.54, 1.807) is 28.4 Å². The summed E-state index contributed by atoms with van der Waals surface area (Å²) in [5.41, 5.74) is 0. The van der Waals surface area contributed by atoms with E-state index in [9.17, 15) is 0 Å². The van der Waals surface area contributed by atoms with Gasteiger partial charge in [-0.2, -0.15) is 0 Å². The van der Waals surface area contributed by atoms with Crippen molar-refractivity contribution >= 4 is 0 Å². The summed E-state index contributed by atoms with van der Waals surface area (Å²) in [6.45, 7) is 9.66. The van der Waals surface area contributed by atoms with Crippen molar-refractivity contribution < 1.29 is 33.2 Å². The Labute approximate surface area is 215 Å². The highest BCUT2D eigenvalue weighted by molar-refractivity contribution is 5.08. The summed E-state index contributed by atoms with van der Waals surface area (Å²) in [4.78, 5) is 0. The van der Waals surface area contributed by atoms with Crippen LogP contribution in [-0.2, 0) is 33.2 Å². The predicted molar refractivity (Wildman–Crippen MR) is 141 cm³/mol. The van der Waals surface area contributed by atoms with Crippen molar-refractivity contribution in [3.05, 3.63) is 23.0 Å². The molecule has 0 radical (unpaired) electrons. The molecule has 0 N–H and O–H groups in total. The zero-order chi connectivity index (χ0) is 26.3. The fourth-order valence-corrected chi connectivity index (χ4v) is 3.69. The summed E-state index contributed by atoms with van der Waals surface area (Å²) in [6.07, 6.45) is 10.4. The number of allylic oxidation sites excluding steroid dienone is 2. The van der Waals surface area contributed by atoms with E-state index in [1.165, 1.54) is 25.7 Å². The maximum atomic E-state index is 6.46. The number of unbranched alkanes of at least 4 members (excludes halogenated alkanes) is 6. The molecule has 0 aromatic rings. The molecule has 35 heavy (non-hydrogen) atoms. The highest BCUT2D eigenvalue weighted by atomic mass is 16.8. The molecule has 0 saturated carbocycles. The first-order chi connectivity index (χ1) is 17.1. The first-order valence-electron chi connectivity index (χ1n) is 13.6. The van der Waals surface area contributed by atoms with E-state index in [2.05, 4.69) is 27.7 Å². The molecule has 0 aromatic carbocycles. The molecule has 0 aliphatic rings. The maximum Gasteiger partial charge on any atom is 0.223 e. The number of methoxy groups -OCH3 is 4. The molecule has 7 heteroatoms. The van der Waals surface area contributed by atoms with Crippen LogP contribution in [0, 0.1) is 0 Å². The lowest BCUT2D eigenvalue weighted by Gasteiger charge is -2.29. The molecule has 0 fully saturated rings. The van der Waals surface area contributed by atoms with Gasteiger partial charge in [-0.3, -0.25) is 0 Å². The molecule has 0 spiro atoms. The lowest BCUT2D eigenvalue weighted by Crippen LogP contribution is -2.33. The van der Waals surface area contributed by atoms with Gasteiger partial charge < -0.3 is 33.2 Å². The Morgan fingerprint density at radius 1 is 0.486 bits per heavy atom. The van der Waals surface area contributed by atoms with Gasteiger partial charge in [0.25, 0.3) is 0 Å². The quantitative estimate of drug-likeness (QED) is 0.0771. The van der Waals surface area contributed by atoms with Crippen molar-refractivity contribution in [2.24, 2.45) is 0 Å². The second-order valence-electron chi connectivity index (χ2n) is 8.55. The summed E-state index contributed by atoms with van der Waals surface area (Å²) in [6, 6.07) is 0. The largest absolute Gasteiger partial charge is 0.497 e. The summed E-state index contributed by atoms with van der Waals surface area (Å²) in [7, 11) is 6.53. The molecule has 0 bridgehead atoms. The van der Waals surface area contributed by atoms with Gasteiger partial charge in [0, 0.05) is 12.8 Å². The average Bonchev–Trinajstić information content (AvgIpc) is 2.87. The fourth-order valence-electron chi connectivity index (χ4n) is 3.69. The van der Waals surface area contributed by atoms with Crippen LogP contribution in [0.15, 0.2) is 23.0 Å². The summed E-state index contributed by atoms with van der Waals surface area (Å²) < 4.78 is 41.8. The first kappa shape index (κ1) is 33.6. The van der Waals surface area contributed by atoms with Crippen LogP contribution in [0.3, 0.4) is 0 Å². The monoisotopic (exact) mass is 502 g/mol. The Morgan fingerprint density at radius 2 is 0.886 bits per heavy atom. The van der Waals surface area contributed by atoms with Gasteiger partial charge in [0.05, 0.1) is 41.7 Å². The van der Waals surface area contributed by atoms with E-state index in [0.717, 1.165) is 38.5 Å². The third-order valence-electron chi connectivity index (χ3n) is 5.65. The van der Waals surface area contributed by atoms with E-state index in [4.69, 9.17) is 33.2 Å². The second kappa shape index (κ2) is 23.0. The Morgan fingerprint density at radius 3 is 1.17 bits per heavy atom. The highest BCUT2D eigenvalue weighted by Gasteiger charge is 2.31. The summed E-state index contributed by atoms with van der Waals surface area (Å²) in [5, 5.41) is 0. The lowest BCUT2D eigenvalue weighted by molar-refractivity contribution is -0.240. The molecule has 0 aliphatic carbocycles. The van der Waals surface area contributed by atoms with E-state index >= 15 is 0 Å². The zero-order valence-electron chi connectivity index (χ0n) is 23.9. The van der Waals surface area contributed by atoms with Crippen LogP contribution in [0.25, 0.3) is 0 Å². The Balaban J connectivity index is 6.02. The van der Waals surface area contributed by atoms with Crippen molar-refractivity contribution in [1.29, 1.82) is 0 Å². The van der Waals surface area contributed by atoms with Crippen molar-refractivity contribution in [2.45, 2.75) is 117 Å². The topological polar surface area (TPSA) is 64.6 Å². The molecule has 0 rings (SSSR count). The lowest BCUT2D eigenvalue weighted by atomic mass is 10.2. The average molecular weight is 503 g/mol. The van der Waals surface area contributed by atoms with E-state index in [1.807, 2.05) is 0 Å². The fraction of sp³-hybridized carbons (Fsp3) is 0.857. The minimum Gasteiger partial charge on any atom is -0.497 e. The van der Waals surface area contributed by atoms with E-state index < -0.39 is 12.6 Å². The smallest absolute Gasteiger partial charge is 0.223 e. The Hall–Kier alpha value is -1.44.